The zero-order valence-electron chi connectivity index (χ0n) is 10.4. The molecule has 4 N–H and O–H groups in total. The molecule has 0 saturated heterocycles. The Balaban J connectivity index is 2.24. The molecule has 0 aromatic rings. The summed E-state index contributed by atoms with van der Waals surface area (Å²) in [4.78, 5) is 33.5. The monoisotopic (exact) mass is 257 g/mol. The lowest BCUT2D eigenvalue weighted by Crippen LogP contribution is -2.50. The number of carboxylic acid groups (broad SMARTS) is 1. The quantitative estimate of drug-likeness (QED) is 0.523. The van der Waals surface area contributed by atoms with Crippen molar-refractivity contribution >= 4 is 17.9 Å². The van der Waals surface area contributed by atoms with Crippen molar-refractivity contribution in [2.45, 2.75) is 26.2 Å². The Kier molecular flexibility index (Phi) is 4.94. The fraction of sp³-hybridized carbons (Fsp3) is 0.727. The summed E-state index contributed by atoms with van der Waals surface area (Å²) < 4.78 is 0. The SMILES string of the molecule is CCNC(=O)CNC(=O)NCC1(C(=O)O)CCC1. The molecule has 0 unspecified atom stereocenters. The molecular weight excluding hydrogens is 238 g/mol. The van der Waals surface area contributed by atoms with Gasteiger partial charge in [0.05, 0.1) is 12.0 Å². The largest absolute Gasteiger partial charge is 0.481 e. The first-order valence-electron chi connectivity index (χ1n) is 6.02. The second-order valence-electron chi connectivity index (χ2n) is 4.43. The standard InChI is InChI=1S/C11H19N3O4/c1-2-12-8(15)6-13-10(18)14-7-11(9(16)17)4-3-5-11/h2-7H2,1H3,(H,12,15)(H,16,17)(H2,13,14,18). The molecule has 0 aromatic carbocycles. The number of hydrogen-bond acceptors (Lipinski definition) is 3. The number of hydrogen-bond donors (Lipinski definition) is 4. The van der Waals surface area contributed by atoms with E-state index in [-0.39, 0.29) is 19.0 Å². The number of carboxylic acids is 1. The highest BCUT2D eigenvalue weighted by Crippen LogP contribution is 2.40. The van der Waals surface area contributed by atoms with Crippen LogP contribution in [0.25, 0.3) is 0 Å². The molecule has 18 heavy (non-hydrogen) atoms. The van der Waals surface area contributed by atoms with Gasteiger partial charge in [0.25, 0.3) is 0 Å². The van der Waals surface area contributed by atoms with E-state index in [1.807, 2.05) is 0 Å². The summed E-state index contributed by atoms with van der Waals surface area (Å²) in [5.74, 6) is -1.15. The van der Waals surface area contributed by atoms with Crippen LogP contribution in [0.4, 0.5) is 4.79 Å². The molecule has 1 aliphatic carbocycles. The van der Waals surface area contributed by atoms with Crippen molar-refractivity contribution in [3.05, 3.63) is 0 Å². The Morgan fingerprint density at radius 3 is 2.28 bits per heavy atom. The van der Waals surface area contributed by atoms with Crippen molar-refractivity contribution in [2.75, 3.05) is 19.6 Å². The van der Waals surface area contributed by atoms with Gasteiger partial charge < -0.3 is 21.1 Å². The maximum Gasteiger partial charge on any atom is 0.315 e. The van der Waals surface area contributed by atoms with Gasteiger partial charge in [-0.15, -0.1) is 0 Å². The highest BCUT2D eigenvalue weighted by Gasteiger charge is 2.44. The topological polar surface area (TPSA) is 108 Å². The number of rotatable bonds is 6. The van der Waals surface area contributed by atoms with Crippen LogP contribution in [0, 0.1) is 5.41 Å². The zero-order valence-corrected chi connectivity index (χ0v) is 10.4. The minimum Gasteiger partial charge on any atom is -0.481 e. The molecule has 1 fully saturated rings. The number of likely N-dealkylation sites (N-methyl/N-ethyl adjacent to an activating group) is 1. The Hall–Kier alpha value is -1.79. The van der Waals surface area contributed by atoms with Gasteiger partial charge in [0.15, 0.2) is 0 Å². The lowest BCUT2D eigenvalue weighted by atomic mass is 9.69. The van der Waals surface area contributed by atoms with Crippen LogP contribution >= 0.6 is 0 Å². The molecule has 0 aliphatic heterocycles. The van der Waals surface area contributed by atoms with E-state index in [9.17, 15) is 14.4 Å². The molecule has 1 saturated carbocycles. The summed E-state index contributed by atoms with van der Waals surface area (Å²) in [6.45, 7) is 2.28. The summed E-state index contributed by atoms with van der Waals surface area (Å²) in [5.41, 5.74) is -0.816. The van der Waals surface area contributed by atoms with Crippen LogP contribution in [0.3, 0.4) is 0 Å². The van der Waals surface area contributed by atoms with E-state index in [4.69, 9.17) is 5.11 Å². The van der Waals surface area contributed by atoms with Gasteiger partial charge in [-0.25, -0.2) is 4.79 Å². The van der Waals surface area contributed by atoms with E-state index in [1.54, 1.807) is 6.92 Å². The predicted octanol–water partition coefficient (Wildman–Crippen LogP) is -0.323. The van der Waals surface area contributed by atoms with Crippen LogP contribution in [0.15, 0.2) is 0 Å². The highest BCUT2D eigenvalue weighted by molar-refractivity contribution is 5.84. The molecule has 0 spiro atoms. The Morgan fingerprint density at radius 1 is 1.17 bits per heavy atom. The maximum absolute atomic E-state index is 11.4. The number of carbonyl (C=O) groups excluding carboxylic acids is 2. The summed E-state index contributed by atoms with van der Waals surface area (Å²) in [7, 11) is 0. The molecular formula is C11H19N3O4. The summed E-state index contributed by atoms with van der Waals surface area (Å²) in [5, 5.41) is 16.5. The highest BCUT2D eigenvalue weighted by atomic mass is 16.4. The van der Waals surface area contributed by atoms with Gasteiger partial charge >= 0.3 is 12.0 Å². The molecule has 102 valence electrons. The molecule has 3 amide bonds. The molecule has 7 nitrogen and oxygen atoms in total. The van der Waals surface area contributed by atoms with Crippen LogP contribution in [-0.4, -0.2) is 42.6 Å². The van der Waals surface area contributed by atoms with Crippen LogP contribution < -0.4 is 16.0 Å². The van der Waals surface area contributed by atoms with Crippen molar-refractivity contribution in [3.8, 4) is 0 Å². The van der Waals surface area contributed by atoms with Crippen molar-refractivity contribution < 1.29 is 19.5 Å². The average molecular weight is 257 g/mol. The van der Waals surface area contributed by atoms with Crippen LogP contribution in [0.5, 0.6) is 0 Å². The fourth-order valence-electron chi connectivity index (χ4n) is 1.80. The summed E-state index contributed by atoms with van der Waals surface area (Å²) >= 11 is 0. The first-order chi connectivity index (χ1) is 8.50. The summed E-state index contributed by atoms with van der Waals surface area (Å²) in [6, 6.07) is -0.520. The second kappa shape index (κ2) is 6.23. The van der Waals surface area contributed by atoms with E-state index in [0.29, 0.717) is 19.4 Å². The minimum atomic E-state index is -0.877. The van der Waals surface area contributed by atoms with Crippen LogP contribution in [-0.2, 0) is 9.59 Å². The molecule has 1 aliphatic rings. The van der Waals surface area contributed by atoms with Crippen molar-refractivity contribution in [2.24, 2.45) is 5.41 Å². The third-order valence-electron chi connectivity index (χ3n) is 3.14. The lowest BCUT2D eigenvalue weighted by molar-refractivity contribution is -0.153. The van der Waals surface area contributed by atoms with E-state index < -0.39 is 17.4 Å². The van der Waals surface area contributed by atoms with Crippen molar-refractivity contribution in [3.63, 3.8) is 0 Å². The number of amides is 3. The Morgan fingerprint density at radius 2 is 1.83 bits per heavy atom. The fourth-order valence-corrected chi connectivity index (χ4v) is 1.80. The average Bonchev–Trinajstić information content (AvgIpc) is 2.24. The molecule has 0 bridgehead atoms. The van der Waals surface area contributed by atoms with Crippen LogP contribution in [0.1, 0.15) is 26.2 Å². The zero-order chi connectivity index (χ0) is 13.6. The normalized spacial score (nSPS) is 16.3. The minimum absolute atomic E-state index is 0.101. The molecule has 1 rings (SSSR count). The first kappa shape index (κ1) is 14.3. The predicted molar refractivity (Wildman–Crippen MR) is 64.0 cm³/mol. The number of nitrogens with one attached hydrogen (secondary N) is 3. The van der Waals surface area contributed by atoms with Crippen LogP contribution in [0.2, 0.25) is 0 Å². The molecule has 0 aromatic heterocycles. The maximum atomic E-state index is 11.4. The van der Waals surface area contributed by atoms with Gasteiger partial charge in [0.1, 0.15) is 0 Å². The number of carbonyl (C=O) groups is 3. The van der Waals surface area contributed by atoms with Gasteiger partial charge in [-0.05, 0) is 19.8 Å². The van der Waals surface area contributed by atoms with E-state index >= 15 is 0 Å². The first-order valence-corrected chi connectivity index (χ1v) is 6.02. The van der Waals surface area contributed by atoms with E-state index in [0.717, 1.165) is 6.42 Å². The van der Waals surface area contributed by atoms with Gasteiger partial charge in [-0.3, -0.25) is 9.59 Å². The third kappa shape index (κ3) is 3.61. The second-order valence-corrected chi connectivity index (χ2v) is 4.43. The van der Waals surface area contributed by atoms with Crippen molar-refractivity contribution in [1.82, 2.24) is 16.0 Å². The molecule has 0 atom stereocenters. The smallest absolute Gasteiger partial charge is 0.315 e. The Labute approximate surface area is 105 Å². The van der Waals surface area contributed by atoms with E-state index in [1.165, 1.54) is 0 Å². The number of urea groups is 1. The van der Waals surface area contributed by atoms with E-state index in [2.05, 4.69) is 16.0 Å². The van der Waals surface area contributed by atoms with Gasteiger partial charge in [-0.2, -0.15) is 0 Å². The Bertz CT molecular complexity index is 339. The lowest BCUT2D eigenvalue weighted by Gasteiger charge is -2.37. The van der Waals surface area contributed by atoms with Gasteiger partial charge in [-0.1, -0.05) is 6.42 Å². The van der Waals surface area contributed by atoms with Gasteiger partial charge in [0.2, 0.25) is 5.91 Å². The molecule has 0 heterocycles. The number of aliphatic carboxylic acids is 1. The molecule has 0 radical (unpaired) electrons. The third-order valence-corrected chi connectivity index (χ3v) is 3.14. The summed E-state index contributed by atoms with van der Waals surface area (Å²) in [6.07, 6.45) is 2.03. The van der Waals surface area contributed by atoms with Crippen molar-refractivity contribution in [1.29, 1.82) is 0 Å². The molecule has 7 heteroatoms. The van der Waals surface area contributed by atoms with Gasteiger partial charge in [0, 0.05) is 13.1 Å².